The molecule has 1 N–H and O–H groups in total. The van der Waals surface area contributed by atoms with Crippen LogP contribution < -0.4 is 5.32 Å². The molecule has 142 valence electrons. The van der Waals surface area contributed by atoms with Crippen molar-refractivity contribution >= 4 is 29.4 Å². The highest BCUT2D eigenvalue weighted by Gasteiger charge is 2.12. The molecule has 0 aliphatic heterocycles. The Bertz CT molecular complexity index is 808. The summed E-state index contributed by atoms with van der Waals surface area (Å²) in [7, 11) is 0. The molecule has 1 aliphatic carbocycles. The van der Waals surface area contributed by atoms with Gasteiger partial charge in [-0.2, -0.15) is 0 Å². The van der Waals surface area contributed by atoms with E-state index in [2.05, 4.69) is 40.4 Å². The number of rotatable bonds is 8. The largest absolute Gasteiger partial charge is 0.355 e. The third-order valence-corrected chi connectivity index (χ3v) is 6.70. The second-order valence-electron chi connectivity index (χ2n) is 6.53. The summed E-state index contributed by atoms with van der Waals surface area (Å²) in [4.78, 5) is 22.2. The molecule has 1 heterocycles. The molecule has 0 atom stereocenters. The van der Waals surface area contributed by atoms with Crippen molar-refractivity contribution in [2.45, 2.75) is 54.0 Å². The van der Waals surface area contributed by atoms with E-state index in [0.717, 1.165) is 27.9 Å². The van der Waals surface area contributed by atoms with Crippen LogP contribution in [0.15, 0.2) is 63.3 Å². The normalized spacial score (nSPS) is 13.9. The Morgan fingerprint density at radius 2 is 1.96 bits per heavy atom. The van der Waals surface area contributed by atoms with Crippen LogP contribution >= 0.6 is 23.5 Å². The van der Waals surface area contributed by atoms with Crippen molar-refractivity contribution < 1.29 is 4.79 Å². The van der Waals surface area contributed by atoms with Crippen LogP contribution in [0.4, 0.5) is 0 Å². The molecule has 3 rings (SSSR count). The average Bonchev–Trinajstić information content (AvgIpc) is 2.70. The number of aromatic nitrogens is 2. The number of allylic oxidation sites excluding steroid dienone is 1. The fourth-order valence-electron chi connectivity index (χ4n) is 2.94. The van der Waals surface area contributed by atoms with Crippen LogP contribution in [0.25, 0.3) is 0 Å². The Kier molecular flexibility index (Phi) is 7.78. The third-order valence-electron chi connectivity index (χ3n) is 4.43. The molecule has 1 aliphatic rings. The van der Waals surface area contributed by atoms with E-state index in [0.29, 0.717) is 5.75 Å². The van der Waals surface area contributed by atoms with Gasteiger partial charge in [0.15, 0.2) is 0 Å². The van der Waals surface area contributed by atoms with E-state index < -0.39 is 0 Å². The van der Waals surface area contributed by atoms with Crippen molar-refractivity contribution in [1.29, 1.82) is 0 Å². The summed E-state index contributed by atoms with van der Waals surface area (Å²) in [6.07, 6.45) is 11.6. The van der Waals surface area contributed by atoms with E-state index in [9.17, 15) is 4.79 Å². The molecule has 0 radical (unpaired) electrons. The summed E-state index contributed by atoms with van der Waals surface area (Å²) in [5.74, 6) is 0.410. The first kappa shape index (κ1) is 20.0. The monoisotopic (exact) mass is 399 g/mol. The van der Waals surface area contributed by atoms with Gasteiger partial charge < -0.3 is 5.32 Å². The Balaban J connectivity index is 1.49. The zero-order valence-corrected chi connectivity index (χ0v) is 17.2. The van der Waals surface area contributed by atoms with E-state index >= 15 is 0 Å². The Labute approximate surface area is 169 Å². The second-order valence-corrected chi connectivity index (χ2v) is 8.53. The number of thioether (sulfide) groups is 1. The molecule has 0 spiro atoms. The van der Waals surface area contributed by atoms with Gasteiger partial charge in [-0.05, 0) is 50.7 Å². The first-order valence-corrected chi connectivity index (χ1v) is 11.1. The van der Waals surface area contributed by atoms with Crippen molar-refractivity contribution in [3.05, 3.63) is 53.9 Å². The molecule has 0 unspecified atom stereocenters. The zero-order chi connectivity index (χ0) is 18.9. The van der Waals surface area contributed by atoms with Gasteiger partial charge in [-0.15, -0.1) is 0 Å². The number of nitrogens with one attached hydrogen (secondary N) is 1. The van der Waals surface area contributed by atoms with Crippen molar-refractivity contribution in [3.8, 4) is 0 Å². The van der Waals surface area contributed by atoms with E-state index in [-0.39, 0.29) is 5.91 Å². The summed E-state index contributed by atoms with van der Waals surface area (Å²) in [5, 5.41) is 4.67. The molecule has 2 aromatic rings. The molecule has 0 saturated carbocycles. The zero-order valence-electron chi connectivity index (χ0n) is 15.6. The SMILES string of the molecule is Cc1ccccc1Sc1nccnc1SCC(=O)NCCC1=CCCCC1. The van der Waals surface area contributed by atoms with Crippen LogP contribution in [0.5, 0.6) is 0 Å². The molecule has 4 nitrogen and oxygen atoms in total. The quantitative estimate of drug-likeness (QED) is 0.498. The maximum absolute atomic E-state index is 12.2. The lowest BCUT2D eigenvalue weighted by Crippen LogP contribution is -2.26. The van der Waals surface area contributed by atoms with Gasteiger partial charge in [0.05, 0.1) is 5.75 Å². The first-order valence-electron chi connectivity index (χ1n) is 9.34. The average molecular weight is 400 g/mol. The van der Waals surface area contributed by atoms with Gasteiger partial charge in [0.2, 0.25) is 5.91 Å². The van der Waals surface area contributed by atoms with Gasteiger partial charge in [0.1, 0.15) is 10.1 Å². The number of benzene rings is 1. The van der Waals surface area contributed by atoms with Crippen LogP contribution in [0.2, 0.25) is 0 Å². The number of carbonyl (C=O) groups excluding carboxylic acids is 1. The fourth-order valence-corrected chi connectivity index (χ4v) is 4.76. The molecule has 0 bridgehead atoms. The number of carbonyl (C=O) groups is 1. The highest BCUT2D eigenvalue weighted by molar-refractivity contribution is 8.02. The minimum absolute atomic E-state index is 0.0499. The smallest absolute Gasteiger partial charge is 0.230 e. The summed E-state index contributed by atoms with van der Waals surface area (Å²) < 4.78 is 0. The Morgan fingerprint density at radius 3 is 2.74 bits per heavy atom. The molecule has 1 aromatic heterocycles. The summed E-state index contributed by atoms with van der Waals surface area (Å²) in [6, 6.07) is 8.21. The van der Waals surface area contributed by atoms with Crippen LogP contribution in [-0.2, 0) is 4.79 Å². The van der Waals surface area contributed by atoms with Crippen LogP contribution in [0.3, 0.4) is 0 Å². The topological polar surface area (TPSA) is 54.9 Å². The highest BCUT2D eigenvalue weighted by atomic mass is 32.2. The maximum atomic E-state index is 12.2. The lowest BCUT2D eigenvalue weighted by Gasteiger charge is -2.13. The van der Waals surface area contributed by atoms with E-state index in [4.69, 9.17) is 0 Å². The maximum Gasteiger partial charge on any atom is 0.230 e. The fraction of sp³-hybridized carbons (Fsp3) is 0.381. The second kappa shape index (κ2) is 10.5. The van der Waals surface area contributed by atoms with Gasteiger partial charge in [-0.25, -0.2) is 9.97 Å². The molecule has 0 fully saturated rings. The highest BCUT2D eigenvalue weighted by Crippen LogP contribution is 2.33. The van der Waals surface area contributed by atoms with Crippen molar-refractivity contribution in [1.82, 2.24) is 15.3 Å². The number of amides is 1. The van der Waals surface area contributed by atoms with E-state index in [1.807, 2.05) is 12.1 Å². The number of aryl methyl sites for hydroxylation is 1. The lowest BCUT2D eigenvalue weighted by molar-refractivity contribution is -0.118. The standard InChI is InChI=1S/C21H25N3OS2/c1-16-7-5-6-10-18(16)27-21-20(23-13-14-24-21)26-15-19(25)22-12-11-17-8-3-2-4-9-17/h5-8,10,13-14H,2-4,9,11-12,15H2,1H3,(H,22,25). The van der Waals surface area contributed by atoms with E-state index in [1.54, 1.807) is 24.2 Å². The van der Waals surface area contributed by atoms with Gasteiger partial charge in [-0.3, -0.25) is 4.79 Å². The van der Waals surface area contributed by atoms with Gasteiger partial charge in [0.25, 0.3) is 0 Å². The number of hydrogen-bond acceptors (Lipinski definition) is 5. The molecule has 0 saturated heterocycles. The predicted octanol–water partition coefficient (Wildman–Crippen LogP) is 5.04. The predicted molar refractivity (Wildman–Crippen MR) is 112 cm³/mol. The van der Waals surface area contributed by atoms with E-state index in [1.165, 1.54) is 48.6 Å². The van der Waals surface area contributed by atoms with Crippen molar-refractivity contribution in [2.24, 2.45) is 0 Å². The molecule has 1 amide bonds. The molecule has 1 aromatic carbocycles. The minimum Gasteiger partial charge on any atom is -0.355 e. The number of nitrogens with zero attached hydrogens (tertiary/aromatic N) is 2. The van der Waals surface area contributed by atoms with Crippen LogP contribution in [0, 0.1) is 6.92 Å². The van der Waals surface area contributed by atoms with Crippen LogP contribution in [-0.4, -0.2) is 28.2 Å². The Morgan fingerprint density at radius 1 is 1.15 bits per heavy atom. The lowest BCUT2D eigenvalue weighted by atomic mass is 9.97. The molecule has 6 heteroatoms. The molecular formula is C21H25N3OS2. The number of hydrogen-bond donors (Lipinski definition) is 1. The van der Waals surface area contributed by atoms with Crippen molar-refractivity contribution in [2.75, 3.05) is 12.3 Å². The molecular weight excluding hydrogens is 374 g/mol. The van der Waals surface area contributed by atoms with Gasteiger partial charge in [0, 0.05) is 23.8 Å². The van der Waals surface area contributed by atoms with Crippen LogP contribution in [0.1, 0.15) is 37.7 Å². The summed E-state index contributed by atoms with van der Waals surface area (Å²) >= 11 is 3.04. The first-order chi connectivity index (χ1) is 13.2. The van der Waals surface area contributed by atoms with Crippen molar-refractivity contribution in [3.63, 3.8) is 0 Å². The third kappa shape index (κ3) is 6.40. The molecule has 27 heavy (non-hydrogen) atoms. The summed E-state index contributed by atoms with van der Waals surface area (Å²) in [6.45, 7) is 2.80. The minimum atomic E-state index is 0.0499. The summed E-state index contributed by atoms with van der Waals surface area (Å²) in [5.41, 5.74) is 2.69. The van der Waals surface area contributed by atoms with Gasteiger partial charge in [-0.1, -0.05) is 53.4 Å². The van der Waals surface area contributed by atoms with Gasteiger partial charge >= 0.3 is 0 Å². The Hall–Kier alpha value is -1.79.